The van der Waals surface area contributed by atoms with E-state index in [1.807, 2.05) is 24.4 Å². The van der Waals surface area contributed by atoms with Crippen LogP contribution in [0.1, 0.15) is 28.7 Å². The Morgan fingerprint density at radius 3 is 2.96 bits per heavy atom. The number of rotatable bonds is 6. The summed E-state index contributed by atoms with van der Waals surface area (Å²) in [6, 6.07) is 3.92. The van der Waals surface area contributed by atoms with Crippen LogP contribution < -0.4 is 5.73 Å². The molecule has 0 fully saturated rings. The van der Waals surface area contributed by atoms with E-state index in [1.54, 1.807) is 18.3 Å². The summed E-state index contributed by atoms with van der Waals surface area (Å²) in [5.41, 5.74) is 6.82. The minimum absolute atomic E-state index is 0.104. The largest absolute Gasteiger partial charge is 0.462 e. The van der Waals surface area contributed by atoms with Crippen molar-refractivity contribution in [3.05, 3.63) is 40.7 Å². The molecular formula is C16H16N4O3S2. The standard InChI is InChI=1S/C16H16N4O3S2/c1-3-22-15(21)10-7-18-16(20-13(10)17)25-8-11-9(2)23-14(19-11)12-5-4-6-24-12/h4-7H,3,8H2,1-2H3,(H2,17,18,20). The number of ether oxygens (including phenoxy) is 1. The van der Waals surface area contributed by atoms with Crippen molar-refractivity contribution >= 4 is 34.9 Å². The van der Waals surface area contributed by atoms with Gasteiger partial charge in [-0.2, -0.15) is 0 Å². The fourth-order valence-corrected chi connectivity index (χ4v) is 3.49. The Kier molecular flexibility index (Phi) is 5.34. The number of thiophene rings is 1. The number of hydrogen-bond donors (Lipinski definition) is 1. The second-order valence-corrected chi connectivity index (χ2v) is 6.85. The van der Waals surface area contributed by atoms with Crippen molar-refractivity contribution in [1.82, 2.24) is 15.0 Å². The first kappa shape index (κ1) is 17.4. The molecule has 9 heteroatoms. The molecular weight excluding hydrogens is 360 g/mol. The van der Waals surface area contributed by atoms with Crippen molar-refractivity contribution in [3.8, 4) is 10.8 Å². The lowest BCUT2D eigenvalue weighted by atomic mass is 10.3. The summed E-state index contributed by atoms with van der Waals surface area (Å²) < 4.78 is 10.6. The van der Waals surface area contributed by atoms with Crippen molar-refractivity contribution in [1.29, 1.82) is 0 Å². The summed E-state index contributed by atoms with van der Waals surface area (Å²) in [5.74, 6) is 1.49. The van der Waals surface area contributed by atoms with E-state index in [0.29, 0.717) is 16.8 Å². The third-order valence-electron chi connectivity index (χ3n) is 3.25. The molecule has 0 radical (unpaired) electrons. The number of oxazole rings is 1. The fraction of sp³-hybridized carbons (Fsp3) is 0.250. The predicted octanol–water partition coefficient (Wildman–Crippen LogP) is 3.55. The average molecular weight is 376 g/mol. The molecule has 3 rings (SSSR count). The molecule has 0 atom stereocenters. The summed E-state index contributed by atoms with van der Waals surface area (Å²) >= 11 is 2.95. The molecule has 0 saturated carbocycles. The molecule has 0 bridgehead atoms. The number of nitrogens with zero attached hydrogens (tertiary/aromatic N) is 3. The zero-order valence-electron chi connectivity index (χ0n) is 13.7. The van der Waals surface area contributed by atoms with Crippen LogP contribution in [0.15, 0.2) is 33.3 Å². The Hall–Kier alpha value is -2.39. The SMILES string of the molecule is CCOC(=O)c1cnc(SCc2nc(-c3cccs3)oc2C)nc1N. The molecule has 0 amide bonds. The van der Waals surface area contributed by atoms with E-state index in [4.69, 9.17) is 14.9 Å². The van der Waals surface area contributed by atoms with Crippen molar-refractivity contribution < 1.29 is 13.9 Å². The normalized spacial score (nSPS) is 10.8. The van der Waals surface area contributed by atoms with Crippen LogP contribution in [-0.2, 0) is 10.5 Å². The van der Waals surface area contributed by atoms with Gasteiger partial charge in [0.15, 0.2) is 5.16 Å². The van der Waals surface area contributed by atoms with Gasteiger partial charge in [0, 0.05) is 11.9 Å². The predicted molar refractivity (Wildman–Crippen MR) is 96.5 cm³/mol. The van der Waals surface area contributed by atoms with Crippen LogP contribution in [-0.4, -0.2) is 27.5 Å². The van der Waals surface area contributed by atoms with Gasteiger partial charge in [-0.25, -0.2) is 19.7 Å². The highest BCUT2D eigenvalue weighted by Crippen LogP contribution is 2.29. The number of esters is 1. The molecule has 0 spiro atoms. The van der Waals surface area contributed by atoms with Crippen LogP contribution in [0.2, 0.25) is 0 Å². The number of thioether (sulfide) groups is 1. The highest BCUT2D eigenvalue weighted by molar-refractivity contribution is 7.98. The number of nitrogens with two attached hydrogens (primary N) is 1. The Morgan fingerprint density at radius 1 is 1.44 bits per heavy atom. The van der Waals surface area contributed by atoms with Gasteiger partial charge >= 0.3 is 5.97 Å². The highest BCUT2D eigenvalue weighted by atomic mass is 32.2. The lowest BCUT2D eigenvalue weighted by molar-refractivity contribution is 0.0526. The summed E-state index contributed by atoms with van der Waals surface area (Å²) in [6.45, 7) is 3.87. The minimum atomic E-state index is -0.524. The highest BCUT2D eigenvalue weighted by Gasteiger charge is 2.16. The number of anilines is 1. The molecule has 7 nitrogen and oxygen atoms in total. The van der Waals surface area contributed by atoms with E-state index in [-0.39, 0.29) is 18.0 Å². The van der Waals surface area contributed by atoms with Crippen LogP contribution in [0.4, 0.5) is 5.82 Å². The third kappa shape index (κ3) is 3.99. The van der Waals surface area contributed by atoms with Crippen LogP contribution in [0.3, 0.4) is 0 Å². The van der Waals surface area contributed by atoms with E-state index in [9.17, 15) is 4.79 Å². The van der Waals surface area contributed by atoms with Crippen LogP contribution in [0.5, 0.6) is 0 Å². The number of carbonyl (C=O) groups is 1. The molecule has 130 valence electrons. The molecule has 0 unspecified atom stereocenters. The first-order chi connectivity index (χ1) is 12.1. The molecule has 0 saturated heterocycles. The zero-order chi connectivity index (χ0) is 17.8. The number of aryl methyl sites for hydroxylation is 1. The van der Waals surface area contributed by atoms with Crippen molar-refractivity contribution in [3.63, 3.8) is 0 Å². The fourth-order valence-electron chi connectivity index (χ4n) is 2.01. The molecule has 3 aromatic heterocycles. The molecule has 0 aliphatic rings. The van der Waals surface area contributed by atoms with E-state index >= 15 is 0 Å². The maximum absolute atomic E-state index is 11.7. The van der Waals surface area contributed by atoms with Gasteiger partial charge in [-0.3, -0.25) is 0 Å². The number of nitrogen functional groups attached to an aromatic ring is 1. The van der Waals surface area contributed by atoms with Gasteiger partial charge in [-0.1, -0.05) is 17.8 Å². The van der Waals surface area contributed by atoms with Crippen molar-refractivity contribution in [2.45, 2.75) is 24.8 Å². The Balaban J connectivity index is 1.70. The molecule has 0 aliphatic carbocycles. The first-order valence-corrected chi connectivity index (χ1v) is 9.37. The Labute approximate surface area is 152 Å². The van der Waals surface area contributed by atoms with E-state index in [2.05, 4.69) is 15.0 Å². The van der Waals surface area contributed by atoms with Crippen molar-refractivity contribution in [2.75, 3.05) is 12.3 Å². The number of hydrogen-bond acceptors (Lipinski definition) is 9. The van der Waals surface area contributed by atoms with E-state index in [0.717, 1.165) is 16.3 Å². The monoisotopic (exact) mass is 376 g/mol. The van der Waals surface area contributed by atoms with Crippen LogP contribution in [0.25, 0.3) is 10.8 Å². The van der Waals surface area contributed by atoms with Gasteiger partial charge in [0.25, 0.3) is 0 Å². The minimum Gasteiger partial charge on any atom is -0.462 e. The molecule has 0 aliphatic heterocycles. The molecule has 3 heterocycles. The molecule has 25 heavy (non-hydrogen) atoms. The van der Waals surface area contributed by atoms with Gasteiger partial charge in [-0.05, 0) is 25.3 Å². The van der Waals surface area contributed by atoms with E-state index in [1.165, 1.54) is 18.0 Å². The van der Waals surface area contributed by atoms with Crippen LogP contribution >= 0.6 is 23.1 Å². The van der Waals surface area contributed by atoms with E-state index < -0.39 is 5.97 Å². The van der Waals surface area contributed by atoms with Gasteiger partial charge in [0.1, 0.15) is 17.1 Å². The van der Waals surface area contributed by atoms with Gasteiger partial charge in [-0.15, -0.1) is 11.3 Å². The van der Waals surface area contributed by atoms with Gasteiger partial charge in [0.2, 0.25) is 5.89 Å². The third-order valence-corrected chi connectivity index (χ3v) is 4.98. The average Bonchev–Trinajstić information content (AvgIpc) is 3.23. The number of aromatic nitrogens is 3. The smallest absolute Gasteiger partial charge is 0.343 e. The Morgan fingerprint density at radius 2 is 2.28 bits per heavy atom. The number of carbonyl (C=O) groups excluding carboxylic acids is 1. The van der Waals surface area contributed by atoms with Crippen LogP contribution in [0, 0.1) is 6.92 Å². The topological polar surface area (TPSA) is 104 Å². The zero-order valence-corrected chi connectivity index (χ0v) is 15.3. The van der Waals surface area contributed by atoms with Gasteiger partial charge < -0.3 is 14.9 Å². The molecule has 2 N–H and O–H groups in total. The molecule has 0 aromatic carbocycles. The second-order valence-electron chi connectivity index (χ2n) is 4.96. The van der Waals surface area contributed by atoms with Gasteiger partial charge in [0.05, 0.1) is 17.2 Å². The van der Waals surface area contributed by atoms with Crippen molar-refractivity contribution in [2.24, 2.45) is 0 Å². The lowest BCUT2D eigenvalue weighted by Gasteiger charge is -2.05. The Bertz CT molecular complexity index is 878. The quantitative estimate of drug-likeness (QED) is 0.396. The summed E-state index contributed by atoms with van der Waals surface area (Å²) in [7, 11) is 0. The summed E-state index contributed by atoms with van der Waals surface area (Å²) in [5, 5.41) is 2.44. The summed E-state index contributed by atoms with van der Waals surface area (Å²) in [4.78, 5) is 25.5. The maximum atomic E-state index is 11.7. The molecule has 3 aromatic rings. The summed E-state index contributed by atoms with van der Waals surface area (Å²) in [6.07, 6.45) is 1.38. The lowest BCUT2D eigenvalue weighted by Crippen LogP contribution is -2.10. The maximum Gasteiger partial charge on any atom is 0.343 e. The first-order valence-electron chi connectivity index (χ1n) is 7.51. The second kappa shape index (κ2) is 7.66.